The van der Waals surface area contributed by atoms with E-state index in [1.54, 1.807) is 11.9 Å². The maximum Gasteiger partial charge on any atom is 0.332 e. The van der Waals surface area contributed by atoms with E-state index in [0.717, 1.165) is 10.3 Å². The highest BCUT2D eigenvalue weighted by Crippen LogP contribution is 2.30. The molecule has 6 nitrogen and oxygen atoms in total. The molecule has 1 aromatic carbocycles. The van der Waals surface area contributed by atoms with Crippen LogP contribution in [0.4, 0.5) is 11.5 Å². The Hall–Kier alpha value is -2.63. The third kappa shape index (κ3) is 1.54. The Morgan fingerprint density at radius 1 is 0.950 bits per heavy atom. The number of anilines is 2. The zero-order valence-electron chi connectivity index (χ0n) is 11.2. The molecule has 1 aliphatic rings. The van der Waals surface area contributed by atoms with Gasteiger partial charge in [-0.25, -0.2) is 4.79 Å². The van der Waals surface area contributed by atoms with Gasteiger partial charge in [0, 0.05) is 19.8 Å². The highest BCUT2D eigenvalue weighted by atomic mass is 16.2. The van der Waals surface area contributed by atoms with Gasteiger partial charge in [-0.05, 0) is 12.1 Å². The highest BCUT2D eigenvalue weighted by molar-refractivity contribution is 6.09. The molecule has 0 N–H and O–H groups in total. The first-order chi connectivity index (χ1) is 9.52. The fourth-order valence-corrected chi connectivity index (χ4v) is 2.51. The van der Waals surface area contributed by atoms with Crippen molar-refractivity contribution < 1.29 is 4.79 Å². The number of fused-ring (bicyclic) bond motifs is 1. The zero-order chi connectivity index (χ0) is 14.4. The lowest BCUT2D eigenvalue weighted by atomic mass is 10.2. The lowest BCUT2D eigenvalue weighted by Gasteiger charge is -2.20. The quantitative estimate of drug-likeness (QED) is 0.754. The summed E-state index contributed by atoms with van der Waals surface area (Å²) in [5.74, 6) is 0.106. The van der Waals surface area contributed by atoms with Gasteiger partial charge in [0.05, 0.1) is 6.54 Å². The normalized spacial score (nSPS) is 13.7. The van der Waals surface area contributed by atoms with Crippen LogP contribution in [0.25, 0.3) is 0 Å². The number of benzene rings is 1. The fourth-order valence-electron chi connectivity index (χ4n) is 2.51. The molecule has 2 heterocycles. The topological polar surface area (TPSA) is 64.3 Å². The van der Waals surface area contributed by atoms with Gasteiger partial charge in [0.25, 0.3) is 5.56 Å². The van der Waals surface area contributed by atoms with Crippen LogP contribution in [0.3, 0.4) is 0 Å². The van der Waals surface area contributed by atoms with Gasteiger partial charge < -0.3 is 4.90 Å². The van der Waals surface area contributed by atoms with Crippen molar-refractivity contribution in [2.45, 2.75) is 0 Å². The minimum absolute atomic E-state index is 0.0753. The first-order valence-electron chi connectivity index (χ1n) is 6.18. The Kier molecular flexibility index (Phi) is 2.60. The second-order valence-electron chi connectivity index (χ2n) is 4.75. The van der Waals surface area contributed by atoms with Crippen molar-refractivity contribution >= 4 is 17.3 Å². The second kappa shape index (κ2) is 4.19. The highest BCUT2D eigenvalue weighted by Gasteiger charge is 2.34. The Morgan fingerprint density at radius 2 is 1.60 bits per heavy atom. The zero-order valence-corrected chi connectivity index (χ0v) is 11.2. The molecule has 0 saturated carbocycles. The summed E-state index contributed by atoms with van der Waals surface area (Å²) < 4.78 is 2.31. The molecule has 0 atom stereocenters. The van der Waals surface area contributed by atoms with E-state index in [1.165, 1.54) is 11.6 Å². The van der Waals surface area contributed by atoms with Crippen molar-refractivity contribution in [2.24, 2.45) is 14.1 Å². The van der Waals surface area contributed by atoms with Crippen LogP contribution in [-0.2, 0) is 14.1 Å². The summed E-state index contributed by atoms with van der Waals surface area (Å²) in [6, 6.07) is 9.23. The van der Waals surface area contributed by atoms with Gasteiger partial charge in [-0.2, -0.15) is 0 Å². The molecule has 102 valence electrons. The van der Waals surface area contributed by atoms with Crippen molar-refractivity contribution in [2.75, 3.05) is 11.4 Å². The summed E-state index contributed by atoms with van der Waals surface area (Å²) in [6.45, 7) is 0.0753. The summed E-state index contributed by atoms with van der Waals surface area (Å²) in [5.41, 5.74) is -0.114. The monoisotopic (exact) mass is 271 g/mol. The standard InChI is InChI=1S/C14H13N3O3/c1-15-12-11(13(19)16(2)14(15)20)10(18)8-17(12)9-6-4-3-5-7-9/h3-7H,8H2,1-2H3. The average molecular weight is 271 g/mol. The van der Waals surface area contributed by atoms with Crippen LogP contribution < -0.4 is 16.1 Å². The molecule has 0 saturated heterocycles. The molecule has 0 aliphatic carbocycles. The first kappa shape index (κ1) is 12.4. The molecule has 2 aromatic rings. The Balaban J connectivity index is 2.34. The van der Waals surface area contributed by atoms with Gasteiger partial charge in [-0.3, -0.25) is 18.7 Å². The minimum Gasteiger partial charge on any atom is -0.319 e. The fraction of sp³-hybridized carbons (Fsp3) is 0.214. The van der Waals surface area contributed by atoms with E-state index in [-0.39, 0.29) is 17.9 Å². The molecule has 6 heteroatoms. The maximum absolute atomic E-state index is 12.1. The molecule has 1 aromatic heterocycles. The molecule has 20 heavy (non-hydrogen) atoms. The van der Waals surface area contributed by atoms with Crippen LogP contribution >= 0.6 is 0 Å². The van der Waals surface area contributed by atoms with Gasteiger partial charge in [-0.15, -0.1) is 0 Å². The van der Waals surface area contributed by atoms with Crippen LogP contribution in [0.2, 0.25) is 0 Å². The van der Waals surface area contributed by atoms with E-state index >= 15 is 0 Å². The average Bonchev–Trinajstić information content (AvgIpc) is 2.81. The number of aromatic nitrogens is 2. The van der Waals surface area contributed by atoms with E-state index in [9.17, 15) is 14.4 Å². The lowest BCUT2D eigenvalue weighted by Crippen LogP contribution is -2.39. The van der Waals surface area contributed by atoms with E-state index in [0.29, 0.717) is 5.82 Å². The predicted molar refractivity (Wildman–Crippen MR) is 74.7 cm³/mol. The largest absolute Gasteiger partial charge is 0.332 e. The van der Waals surface area contributed by atoms with E-state index in [4.69, 9.17) is 0 Å². The number of para-hydroxylation sites is 1. The van der Waals surface area contributed by atoms with Crippen molar-refractivity contribution in [3.8, 4) is 0 Å². The molecule has 1 aliphatic heterocycles. The van der Waals surface area contributed by atoms with Gasteiger partial charge in [0.15, 0.2) is 5.78 Å². The molecule has 3 rings (SSSR count). The van der Waals surface area contributed by atoms with Crippen LogP contribution in [0, 0.1) is 0 Å². The minimum atomic E-state index is -0.536. The second-order valence-corrected chi connectivity index (χ2v) is 4.75. The summed E-state index contributed by atoms with van der Waals surface area (Å²) in [7, 11) is 2.94. The van der Waals surface area contributed by atoms with E-state index in [1.807, 2.05) is 30.3 Å². The predicted octanol–water partition coefficient (Wildman–Crippen LogP) is 0.418. The number of nitrogens with zero attached hydrogens (tertiary/aromatic N) is 3. The molecular weight excluding hydrogens is 258 g/mol. The lowest BCUT2D eigenvalue weighted by molar-refractivity contribution is 0.101. The number of hydrogen-bond donors (Lipinski definition) is 0. The third-order valence-corrected chi connectivity index (χ3v) is 3.54. The summed E-state index contributed by atoms with van der Waals surface area (Å²) in [4.78, 5) is 38.0. The van der Waals surface area contributed by atoms with Gasteiger partial charge in [0.2, 0.25) is 0 Å². The molecule has 0 spiro atoms. The number of hydrogen-bond acceptors (Lipinski definition) is 4. The van der Waals surface area contributed by atoms with Crippen LogP contribution in [0.1, 0.15) is 10.4 Å². The Bertz CT molecular complexity index is 818. The number of carbonyl (C=O) groups excluding carboxylic acids is 1. The number of Topliss-reactive ketones (excluding diaryl/α,β-unsaturated/α-hetero) is 1. The van der Waals surface area contributed by atoms with Crippen LogP contribution in [0.15, 0.2) is 39.9 Å². The van der Waals surface area contributed by atoms with Crippen LogP contribution in [-0.4, -0.2) is 21.5 Å². The molecule has 0 bridgehead atoms. The summed E-state index contributed by atoms with van der Waals surface area (Å²) in [5, 5.41) is 0. The van der Waals surface area contributed by atoms with Crippen molar-refractivity contribution in [3.05, 3.63) is 56.7 Å². The van der Waals surface area contributed by atoms with Crippen LogP contribution in [0.5, 0.6) is 0 Å². The first-order valence-corrected chi connectivity index (χ1v) is 6.18. The number of rotatable bonds is 1. The van der Waals surface area contributed by atoms with Gasteiger partial charge >= 0.3 is 5.69 Å². The van der Waals surface area contributed by atoms with E-state index in [2.05, 4.69) is 0 Å². The molecule has 0 unspecified atom stereocenters. The maximum atomic E-state index is 12.1. The molecule has 0 amide bonds. The SMILES string of the molecule is Cn1c2c(c(=O)n(C)c1=O)C(=O)CN2c1ccccc1. The van der Waals surface area contributed by atoms with Gasteiger partial charge in [0.1, 0.15) is 11.4 Å². The van der Waals surface area contributed by atoms with Crippen molar-refractivity contribution in [3.63, 3.8) is 0 Å². The Labute approximate surface area is 114 Å². The number of ketones is 1. The van der Waals surface area contributed by atoms with E-state index < -0.39 is 11.2 Å². The number of carbonyl (C=O) groups is 1. The van der Waals surface area contributed by atoms with Gasteiger partial charge in [-0.1, -0.05) is 18.2 Å². The smallest absolute Gasteiger partial charge is 0.319 e. The molecule has 0 fully saturated rings. The molecule has 0 radical (unpaired) electrons. The summed E-state index contributed by atoms with van der Waals surface area (Å²) in [6.07, 6.45) is 0. The van der Waals surface area contributed by atoms with Crippen molar-refractivity contribution in [1.29, 1.82) is 0 Å². The summed E-state index contributed by atoms with van der Waals surface area (Å²) >= 11 is 0. The Morgan fingerprint density at radius 3 is 2.25 bits per heavy atom. The molecular formula is C14H13N3O3. The third-order valence-electron chi connectivity index (χ3n) is 3.54. The van der Waals surface area contributed by atoms with Crippen molar-refractivity contribution in [1.82, 2.24) is 9.13 Å².